The molecule has 0 fully saturated rings. The predicted octanol–water partition coefficient (Wildman–Crippen LogP) is 3.39. The van der Waals surface area contributed by atoms with Crippen LogP contribution in [0.15, 0.2) is 12.1 Å². The monoisotopic (exact) mass is 296 g/mol. The van der Waals surface area contributed by atoms with E-state index >= 15 is 0 Å². The van der Waals surface area contributed by atoms with Gasteiger partial charge in [0.1, 0.15) is 0 Å². The van der Waals surface area contributed by atoms with Crippen molar-refractivity contribution in [3.8, 4) is 0 Å². The van der Waals surface area contributed by atoms with Gasteiger partial charge in [0.15, 0.2) is 0 Å². The van der Waals surface area contributed by atoms with Crippen molar-refractivity contribution in [3.63, 3.8) is 0 Å². The average molecular weight is 296 g/mol. The number of amides is 1. The second-order valence-electron chi connectivity index (χ2n) is 6.13. The van der Waals surface area contributed by atoms with E-state index in [0.29, 0.717) is 0 Å². The van der Waals surface area contributed by atoms with Gasteiger partial charge in [-0.05, 0) is 38.3 Å². The molecule has 1 unspecified atom stereocenters. The average Bonchev–Trinajstić information content (AvgIpc) is 2.86. The third-order valence-corrected chi connectivity index (χ3v) is 4.94. The third-order valence-electron chi connectivity index (χ3n) is 3.43. The summed E-state index contributed by atoms with van der Waals surface area (Å²) in [5.41, 5.74) is 0.200. The Morgan fingerprint density at radius 1 is 1.30 bits per heavy atom. The summed E-state index contributed by atoms with van der Waals surface area (Å²) in [5, 5.41) is 3.33. The summed E-state index contributed by atoms with van der Waals surface area (Å²) in [4.78, 5) is 16.7. The first-order chi connectivity index (χ1) is 9.29. The molecule has 0 aliphatic rings. The van der Waals surface area contributed by atoms with Crippen LogP contribution in [-0.4, -0.2) is 29.9 Å². The van der Waals surface area contributed by atoms with Gasteiger partial charge in [-0.15, -0.1) is 11.3 Å². The number of carbonyl (C=O) groups excluding carboxylic acids is 1. The summed E-state index contributed by atoms with van der Waals surface area (Å²) in [7, 11) is 0. The van der Waals surface area contributed by atoms with E-state index in [4.69, 9.17) is 0 Å². The molecule has 0 aliphatic carbocycles. The van der Waals surface area contributed by atoms with Gasteiger partial charge in [0.2, 0.25) is 5.91 Å². The van der Waals surface area contributed by atoms with Crippen molar-refractivity contribution in [1.29, 1.82) is 0 Å². The maximum Gasteiger partial charge on any atom is 0.239 e. The number of hydrogen-bond acceptors (Lipinski definition) is 3. The molecule has 3 nitrogen and oxygen atoms in total. The second kappa shape index (κ2) is 7.23. The largest absolute Gasteiger partial charge is 0.342 e. The summed E-state index contributed by atoms with van der Waals surface area (Å²) in [6.07, 6.45) is 0. The van der Waals surface area contributed by atoms with Crippen LogP contribution in [0.25, 0.3) is 0 Å². The first-order valence-electron chi connectivity index (χ1n) is 7.41. The second-order valence-corrected chi connectivity index (χ2v) is 7.30. The Morgan fingerprint density at radius 3 is 2.35 bits per heavy atom. The zero-order valence-corrected chi connectivity index (χ0v) is 14.4. The molecule has 1 amide bonds. The number of nitrogens with one attached hydrogen (secondary N) is 1. The van der Waals surface area contributed by atoms with Crippen LogP contribution < -0.4 is 5.32 Å². The van der Waals surface area contributed by atoms with Crippen LogP contribution in [0, 0.1) is 0 Å². The molecule has 1 heterocycles. The van der Waals surface area contributed by atoms with E-state index in [1.165, 1.54) is 9.75 Å². The highest BCUT2D eigenvalue weighted by atomic mass is 32.1. The lowest BCUT2D eigenvalue weighted by Gasteiger charge is -2.23. The summed E-state index contributed by atoms with van der Waals surface area (Å²) < 4.78 is 0. The van der Waals surface area contributed by atoms with E-state index < -0.39 is 0 Å². The Balaban J connectivity index is 2.55. The topological polar surface area (TPSA) is 32.3 Å². The highest BCUT2D eigenvalue weighted by molar-refractivity contribution is 7.12. The Hall–Kier alpha value is -0.870. The molecule has 1 aromatic heterocycles. The van der Waals surface area contributed by atoms with E-state index in [9.17, 15) is 4.79 Å². The fraction of sp³-hybridized carbons (Fsp3) is 0.688. The highest BCUT2D eigenvalue weighted by Gasteiger charge is 2.19. The minimum absolute atomic E-state index is 0.130. The van der Waals surface area contributed by atoms with Crippen molar-refractivity contribution in [1.82, 2.24) is 10.2 Å². The zero-order valence-electron chi connectivity index (χ0n) is 13.6. The van der Waals surface area contributed by atoms with Crippen LogP contribution >= 0.6 is 11.3 Å². The summed E-state index contributed by atoms with van der Waals surface area (Å²) in [5.74, 6) is 0.183. The van der Waals surface area contributed by atoms with Crippen LogP contribution in [0.3, 0.4) is 0 Å². The van der Waals surface area contributed by atoms with E-state index in [1.54, 1.807) is 0 Å². The third kappa shape index (κ3) is 4.60. The van der Waals surface area contributed by atoms with Crippen molar-refractivity contribution in [3.05, 3.63) is 21.9 Å². The van der Waals surface area contributed by atoms with E-state index in [-0.39, 0.29) is 17.4 Å². The fourth-order valence-corrected chi connectivity index (χ4v) is 3.04. The van der Waals surface area contributed by atoms with Gasteiger partial charge >= 0.3 is 0 Å². The Labute approximate surface area is 127 Å². The Morgan fingerprint density at radius 2 is 1.90 bits per heavy atom. The summed E-state index contributed by atoms with van der Waals surface area (Å²) in [6.45, 7) is 15.0. The number of carbonyl (C=O) groups is 1. The van der Waals surface area contributed by atoms with Gasteiger partial charge in [0.05, 0.1) is 6.04 Å². The minimum Gasteiger partial charge on any atom is -0.342 e. The Bertz CT molecular complexity index is 430. The maximum absolute atomic E-state index is 12.2. The van der Waals surface area contributed by atoms with Crippen molar-refractivity contribution >= 4 is 17.2 Å². The van der Waals surface area contributed by atoms with Crippen LogP contribution in [0.1, 0.15) is 51.3 Å². The molecule has 1 N–H and O–H groups in total. The highest BCUT2D eigenvalue weighted by Crippen LogP contribution is 2.29. The van der Waals surface area contributed by atoms with Gasteiger partial charge in [-0.2, -0.15) is 0 Å². The van der Waals surface area contributed by atoms with Crippen molar-refractivity contribution in [2.24, 2.45) is 0 Å². The zero-order chi connectivity index (χ0) is 15.3. The molecule has 0 saturated carbocycles. The summed E-state index contributed by atoms with van der Waals surface area (Å²) in [6, 6.07) is 4.22. The SMILES string of the molecule is CCN(CC)C(=O)C(C)NCc1ccc(C(C)(C)C)s1. The van der Waals surface area contributed by atoms with Gasteiger partial charge in [-0.25, -0.2) is 0 Å². The standard InChI is InChI=1S/C16H28N2OS/c1-7-18(8-2)15(19)12(3)17-11-13-9-10-14(20-13)16(4,5)6/h9-10,12,17H,7-8,11H2,1-6H3. The molecule has 0 bridgehead atoms. The minimum atomic E-state index is -0.130. The molecular formula is C16H28N2OS. The molecule has 0 aliphatic heterocycles. The van der Waals surface area contributed by atoms with Crippen LogP contribution in [0.2, 0.25) is 0 Å². The molecule has 4 heteroatoms. The van der Waals surface area contributed by atoms with Crippen molar-refractivity contribution < 1.29 is 4.79 Å². The first kappa shape index (κ1) is 17.2. The van der Waals surface area contributed by atoms with Crippen molar-refractivity contribution in [2.75, 3.05) is 13.1 Å². The first-order valence-corrected chi connectivity index (χ1v) is 8.22. The van der Waals surface area contributed by atoms with Crippen LogP contribution in [0.4, 0.5) is 0 Å². The van der Waals surface area contributed by atoms with Gasteiger partial charge in [-0.3, -0.25) is 4.79 Å². The van der Waals surface area contributed by atoms with Crippen LogP contribution in [0.5, 0.6) is 0 Å². The normalized spacial score (nSPS) is 13.3. The van der Waals surface area contributed by atoms with Gasteiger partial charge in [0, 0.05) is 29.4 Å². The number of thiophene rings is 1. The lowest BCUT2D eigenvalue weighted by atomic mass is 9.95. The summed E-state index contributed by atoms with van der Waals surface area (Å²) >= 11 is 1.83. The number of nitrogens with zero attached hydrogens (tertiary/aromatic N) is 1. The van der Waals surface area contributed by atoms with E-state index in [2.05, 4.69) is 38.2 Å². The maximum atomic E-state index is 12.2. The molecule has 0 saturated heterocycles. The van der Waals surface area contributed by atoms with E-state index in [0.717, 1.165) is 19.6 Å². The smallest absolute Gasteiger partial charge is 0.239 e. The molecular weight excluding hydrogens is 268 g/mol. The number of hydrogen-bond donors (Lipinski definition) is 1. The molecule has 114 valence electrons. The quantitative estimate of drug-likeness (QED) is 0.872. The molecule has 0 radical (unpaired) electrons. The Kier molecular flexibility index (Phi) is 6.21. The lowest BCUT2D eigenvalue weighted by Crippen LogP contribution is -2.44. The van der Waals surface area contributed by atoms with Gasteiger partial charge in [-0.1, -0.05) is 20.8 Å². The molecule has 20 heavy (non-hydrogen) atoms. The van der Waals surface area contributed by atoms with E-state index in [1.807, 2.05) is 37.0 Å². The predicted molar refractivity (Wildman–Crippen MR) is 87.2 cm³/mol. The molecule has 1 rings (SSSR count). The number of rotatable bonds is 6. The van der Waals surface area contributed by atoms with Crippen molar-refractivity contribution in [2.45, 2.75) is 59.5 Å². The molecule has 1 aromatic rings. The van der Waals surface area contributed by atoms with Gasteiger partial charge in [0.25, 0.3) is 0 Å². The van der Waals surface area contributed by atoms with Gasteiger partial charge < -0.3 is 10.2 Å². The number of likely N-dealkylation sites (N-methyl/N-ethyl adjacent to an activating group) is 1. The molecule has 0 spiro atoms. The molecule has 0 aromatic carbocycles. The van der Waals surface area contributed by atoms with Crippen LogP contribution in [-0.2, 0) is 16.8 Å². The fourth-order valence-electron chi connectivity index (χ4n) is 2.03. The lowest BCUT2D eigenvalue weighted by molar-refractivity contribution is -0.132. The molecule has 1 atom stereocenters.